The summed E-state index contributed by atoms with van der Waals surface area (Å²) in [7, 11) is 1.53. The number of carbonyl (C=O) groups is 1. The number of fused-ring (bicyclic) bond motifs is 1. The summed E-state index contributed by atoms with van der Waals surface area (Å²) in [6.45, 7) is 2.73. The zero-order valence-electron chi connectivity index (χ0n) is 17.2. The van der Waals surface area contributed by atoms with Crippen molar-refractivity contribution in [1.29, 1.82) is 0 Å². The number of thiophene rings is 1. The minimum absolute atomic E-state index is 0.0766. The minimum atomic E-state index is -0.516. The number of nitrogens with zero attached hydrogens (tertiary/aromatic N) is 3. The number of amides is 1. The van der Waals surface area contributed by atoms with Gasteiger partial charge < -0.3 is 9.64 Å². The molecular formula is C22H25N3O4S. The van der Waals surface area contributed by atoms with E-state index in [4.69, 9.17) is 4.74 Å². The average Bonchev–Trinajstić information content (AvgIpc) is 3.27. The molecule has 3 heterocycles. The third-order valence-electron chi connectivity index (χ3n) is 5.78. The van der Waals surface area contributed by atoms with E-state index in [0.29, 0.717) is 28.2 Å². The van der Waals surface area contributed by atoms with E-state index >= 15 is 0 Å². The highest BCUT2D eigenvalue weighted by molar-refractivity contribution is 7.17. The quantitative estimate of drug-likeness (QED) is 0.627. The standard InChI is InChI=1S/C22H25N3O4S/c1-3-15-7-4-5-11-23(15)19(26)14-24-18-10-12-30-20(18)21(27)25(22(24)28)16-8-6-9-17(13-16)29-2/h6,8-10,12-13,15H,3-5,7,11,14H2,1-2H3/t15-/m1/s1. The van der Waals surface area contributed by atoms with Crippen molar-refractivity contribution in [2.45, 2.75) is 45.2 Å². The molecule has 1 atom stereocenters. The fourth-order valence-electron chi connectivity index (χ4n) is 4.20. The first-order valence-corrected chi connectivity index (χ1v) is 11.1. The van der Waals surface area contributed by atoms with Crippen molar-refractivity contribution < 1.29 is 9.53 Å². The predicted octanol–water partition coefficient (Wildman–Crippen LogP) is 3.01. The fraction of sp³-hybridized carbons (Fsp3) is 0.409. The highest BCUT2D eigenvalue weighted by atomic mass is 32.1. The summed E-state index contributed by atoms with van der Waals surface area (Å²) in [5, 5.41) is 1.78. The van der Waals surface area contributed by atoms with Crippen LogP contribution >= 0.6 is 11.3 Å². The van der Waals surface area contributed by atoms with Gasteiger partial charge in [0.2, 0.25) is 5.91 Å². The monoisotopic (exact) mass is 427 g/mol. The van der Waals surface area contributed by atoms with Crippen molar-refractivity contribution in [3.63, 3.8) is 0 Å². The maximum Gasteiger partial charge on any atom is 0.336 e. The van der Waals surface area contributed by atoms with Crippen LogP contribution in [0.5, 0.6) is 5.75 Å². The number of methoxy groups -OCH3 is 1. The van der Waals surface area contributed by atoms with E-state index < -0.39 is 5.69 Å². The summed E-state index contributed by atoms with van der Waals surface area (Å²) in [6.07, 6.45) is 4.00. The van der Waals surface area contributed by atoms with Gasteiger partial charge >= 0.3 is 5.69 Å². The van der Waals surface area contributed by atoms with Gasteiger partial charge in [-0.3, -0.25) is 14.2 Å². The average molecular weight is 428 g/mol. The van der Waals surface area contributed by atoms with Gasteiger partial charge in [-0.2, -0.15) is 0 Å². The van der Waals surface area contributed by atoms with Crippen LogP contribution in [-0.4, -0.2) is 39.6 Å². The third kappa shape index (κ3) is 3.56. The Balaban J connectivity index is 1.82. The summed E-state index contributed by atoms with van der Waals surface area (Å²) >= 11 is 1.27. The van der Waals surface area contributed by atoms with Gasteiger partial charge in [-0.05, 0) is 49.3 Å². The van der Waals surface area contributed by atoms with Gasteiger partial charge in [0.1, 0.15) is 17.0 Å². The summed E-state index contributed by atoms with van der Waals surface area (Å²) in [6, 6.07) is 8.76. The lowest BCUT2D eigenvalue weighted by atomic mass is 10.00. The number of piperidine rings is 1. The van der Waals surface area contributed by atoms with Crippen LogP contribution in [0.1, 0.15) is 32.6 Å². The molecule has 1 saturated heterocycles. The number of carbonyl (C=O) groups excluding carboxylic acids is 1. The molecule has 1 aromatic carbocycles. The minimum Gasteiger partial charge on any atom is -0.497 e. The Morgan fingerprint density at radius 1 is 1.23 bits per heavy atom. The lowest BCUT2D eigenvalue weighted by Crippen LogP contribution is -2.47. The first-order valence-electron chi connectivity index (χ1n) is 10.2. The van der Waals surface area contributed by atoms with Gasteiger partial charge in [0.25, 0.3) is 5.56 Å². The molecule has 8 heteroatoms. The molecular weight excluding hydrogens is 402 g/mol. The van der Waals surface area contributed by atoms with Gasteiger partial charge in [-0.1, -0.05) is 13.0 Å². The molecule has 7 nitrogen and oxygen atoms in total. The lowest BCUT2D eigenvalue weighted by molar-refractivity contribution is -0.135. The Labute approximate surface area is 178 Å². The Morgan fingerprint density at radius 3 is 2.83 bits per heavy atom. The fourth-order valence-corrected chi connectivity index (χ4v) is 5.02. The van der Waals surface area contributed by atoms with Gasteiger partial charge in [-0.25, -0.2) is 9.36 Å². The van der Waals surface area contributed by atoms with E-state index in [1.54, 1.807) is 35.7 Å². The molecule has 3 aromatic rings. The van der Waals surface area contributed by atoms with Crippen molar-refractivity contribution in [1.82, 2.24) is 14.0 Å². The van der Waals surface area contributed by atoms with Crippen molar-refractivity contribution in [3.05, 3.63) is 56.5 Å². The van der Waals surface area contributed by atoms with Crippen molar-refractivity contribution in [2.24, 2.45) is 0 Å². The maximum atomic E-state index is 13.4. The Kier molecular flexibility index (Phi) is 5.76. The molecule has 1 aliphatic rings. The number of hydrogen-bond donors (Lipinski definition) is 0. The summed E-state index contributed by atoms with van der Waals surface area (Å²) in [4.78, 5) is 41.5. The molecule has 1 amide bonds. The van der Waals surface area contributed by atoms with Gasteiger partial charge in [0.15, 0.2) is 0 Å². The lowest BCUT2D eigenvalue weighted by Gasteiger charge is -2.35. The van der Waals surface area contributed by atoms with E-state index in [1.165, 1.54) is 23.0 Å². The second-order valence-electron chi connectivity index (χ2n) is 7.49. The highest BCUT2D eigenvalue weighted by Gasteiger charge is 2.27. The summed E-state index contributed by atoms with van der Waals surface area (Å²) < 4.78 is 8.25. The Bertz CT molecular complexity index is 1190. The van der Waals surface area contributed by atoms with Crippen LogP contribution in [0.4, 0.5) is 0 Å². The van der Waals surface area contributed by atoms with Gasteiger partial charge in [0.05, 0.1) is 18.3 Å². The Hall–Kier alpha value is -2.87. The highest BCUT2D eigenvalue weighted by Crippen LogP contribution is 2.22. The van der Waals surface area contributed by atoms with Gasteiger partial charge in [0, 0.05) is 18.7 Å². The normalized spacial score (nSPS) is 16.7. The van der Waals surface area contributed by atoms with Crippen LogP contribution in [0.25, 0.3) is 15.9 Å². The molecule has 0 spiro atoms. The molecule has 0 unspecified atom stereocenters. The first kappa shape index (κ1) is 20.4. The number of likely N-dealkylation sites (tertiary alicyclic amines) is 1. The van der Waals surface area contributed by atoms with Crippen molar-refractivity contribution in [3.8, 4) is 11.4 Å². The molecule has 0 bridgehead atoms. The smallest absolute Gasteiger partial charge is 0.336 e. The molecule has 0 N–H and O–H groups in total. The van der Waals surface area contributed by atoms with Crippen LogP contribution in [0.15, 0.2) is 45.3 Å². The molecule has 158 valence electrons. The second-order valence-corrected chi connectivity index (χ2v) is 8.41. The number of aromatic nitrogens is 2. The van der Waals surface area contributed by atoms with E-state index in [0.717, 1.165) is 30.3 Å². The topological polar surface area (TPSA) is 73.5 Å². The van der Waals surface area contributed by atoms with Crippen LogP contribution in [0.3, 0.4) is 0 Å². The zero-order chi connectivity index (χ0) is 21.3. The van der Waals surface area contributed by atoms with Crippen LogP contribution in [0.2, 0.25) is 0 Å². The zero-order valence-corrected chi connectivity index (χ0v) is 18.0. The van der Waals surface area contributed by atoms with E-state index in [2.05, 4.69) is 6.92 Å². The summed E-state index contributed by atoms with van der Waals surface area (Å²) in [5.41, 5.74) is 0.0294. The Morgan fingerprint density at radius 2 is 2.07 bits per heavy atom. The van der Waals surface area contributed by atoms with E-state index in [-0.39, 0.29) is 24.1 Å². The number of hydrogen-bond acceptors (Lipinski definition) is 5. The predicted molar refractivity (Wildman–Crippen MR) is 118 cm³/mol. The number of benzene rings is 1. The largest absolute Gasteiger partial charge is 0.497 e. The van der Waals surface area contributed by atoms with Crippen molar-refractivity contribution in [2.75, 3.05) is 13.7 Å². The SMILES string of the molecule is CC[C@@H]1CCCCN1C(=O)Cn1c(=O)n(-c2cccc(OC)c2)c(=O)c2sccc21. The molecule has 1 fully saturated rings. The van der Waals surface area contributed by atoms with Crippen LogP contribution in [-0.2, 0) is 11.3 Å². The maximum absolute atomic E-state index is 13.4. The van der Waals surface area contributed by atoms with Crippen molar-refractivity contribution >= 4 is 27.5 Å². The molecule has 0 aliphatic carbocycles. The number of ether oxygens (including phenoxy) is 1. The molecule has 2 aromatic heterocycles. The summed E-state index contributed by atoms with van der Waals surface area (Å²) in [5.74, 6) is 0.471. The van der Waals surface area contributed by atoms with Gasteiger partial charge in [-0.15, -0.1) is 11.3 Å². The van der Waals surface area contributed by atoms with E-state index in [1.807, 2.05) is 4.90 Å². The molecule has 1 aliphatic heterocycles. The van der Waals surface area contributed by atoms with E-state index in [9.17, 15) is 14.4 Å². The molecule has 4 rings (SSSR count). The molecule has 0 saturated carbocycles. The van der Waals surface area contributed by atoms with Crippen LogP contribution in [0, 0.1) is 0 Å². The number of rotatable bonds is 5. The second kappa shape index (κ2) is 8.47. The first-order chi connectivity index (χ1) is 14.5. The third-order valence-corrected chi connectivity index (χ3v) is 6.67. The molecule has 0 radical (unpaired) electrons. The molecule has 30 heavy (non-hydrogen) atoms. The van der Waals surface area contributed by atoms with Crippen LogP contribution < -0.4 is 16.0 Å².